The molecule has 0 aliphatic rings. The molecule has 6 nitrogen and oxygen atoms in total. The average molecular weight is 274 g/mol. The van der Waals surface area contributed by atoms with Crippen molar-refractivity contribution in [3.63, 3.8) is 0 Å². The van der Waals surface area contributed by atoms with Crippen molar-refractivity contribution in [2.75, 3.05) is 11.9 Å². The van der Waals surface area contributed by atoms with Gasteiger partial charge in [0.05, 0.1) is 6.10 Å². The van der Waals surface area contributed by atoms with E-state index in [1.807, 2.05) is 30.3 Å². The Morgan fingerprint density at radius 3 is 2.75 bits per heavy atom. The number of carbonyl (C=O) groups excluding carboxylic acids is 1. The smallest absolute Gasteiger partial charge is 0.320 e. The molecule has 2 rings (SSSR count). The Balaban J connectivity index is 1.71. The minimum absolute atomic E-state index is 0.330. The summed E-state index contributed by atoms with van der Waals surface area (Å²) in [5.74, 6) is 0.494. The molecule has 2 amide bonds. The van der Waals surface area contributed by atoms with Crippen molar-refractivity contribution in [3.05, 3.63) is 48.2 Å². The molecule has 0 aliphatic carbocycles. The van der Waals surface area contributed by atoms with Gasteiger partial charge in [-0.05, 0) is 12.0 Å². The maximum atomic E-state index is 11.6. The number of aryl methyl sites for hydroxylation is 1. The molecule has 0 bridgehead atoms. The largest absolute Gasteiger partial charge is 0.388 e. The number of hydrogen-bond donors (Lipinski definition) is 3. The van der Waals surface area contributed by atoms with E-state index < -0.39 is 6.10 Å². The zero-order chi connectivity index (χ0) is 14.4. The molecule has 2 aromatic rings. The van der Waals surface area contributed by atoms with E-state index in [9.17, 15) is 9.90 Å². The number of nitrogens with zero attached hydrogens (tertiary/aromatic N) is 2. The summed E-state index contributed by atoms with van der Waals surface area (Å²) in [7, 11) is 1.78. The molecule has 106 valence electrons. The summed E-state index contributed by atoms with van der Waals surface area (Å²) in [6, 6.07) is 10.7. The van der Waals surface area contributed by atoms with Gasteiger partial charge in [-0.15, -0.1) is 0 Å². The minimum Gasteiger partial charge on any atom is -0.388 e. The Labute approximate surface area is 117 Å². The molecule has 1 unspecified atom stereocenters. The number of carbonyl (C=O) groups is 1. The van der Waals surface area contributed by atoms with Crippen LogP contribution < -0.4 is 10.6 Å². The van der Waals surface area contributed by atoms with Crippen LogP contribution in [0.5, 0.6) is 0 Å². The zero-order valence-corrected chi connectivity index (χ0v) is 11.3. The molecular formula is C14H18N4O2. The molecule has 0 aliphatic heterocycles. The van der Waals surface area contributed by atoms with E-state index in [-0.39, 0.29) is 6.03 Å². The quantitative estimate of drug-likeness (QED) is 0.776. The predicted molar refractivity (Wildman–Crippen MR) is 76.2 cm³/mol. The van der Waals surface area contributed by atoms with Crippen LogP contribution >= 0.6 is 0 Å². The van der Waals surface area contributed by atoms with E-state index >= 15 is 0 Å². The fourth-order valence-electron chi connectivity index (χ4n) is 1.81. The standard InChI is InChI=1S/C14H18N4O2/c1-18-10-8-13(17-18)16-14(20)15-9-7-12(19)11-5-3-2-4-6-11/h2-6,8,10,12,19H,7,9H2,1H3,(H2,15,16,17,20). The van der Waals surface area contributed by atoms with Gasteiger partial charge in [-0.1, -0.05) is 30.3 Å². The lowest BCUT2D eigenvalue weighted by Crippen LogP contribution is -2.30. The molecule has 1 atom stereocenters. The normalized spacial score (nSPS) is 11.9. The van der Waals surface area contributed by atoms with Crippen molar-refractivity contribution in [2.45, 2.75) is 12.5 Å². The Kier molecular flexibility index (Phi) is 4.73. The second-order valence-electron chi connectivity index (χ2n) is 4.47. The van der Waals surface area contributed by atoms with Gasteiger partial charge >= 0.3 is 6.03 Å². The summed E-state index contributed by atoms with van der Waals surface area (Å²) in [5, 5.41) is 19.3. The lowest BCUT2D eigenvalue weighted by Gasteiger charge is -2.11. The highest BCUT2D eigenvalue weighted by atomic mass is 16.3. The van der Waals surface area contributed by atoms with E-state index in [4.69, 9.17) is 0 Å². The van der Waals surface area contributed by atoms with E-state index in [1.54, 1.807) is 24.0 Å². The van der Waals surface area contributed by atoms with Crippen LogP contribution in [0, 0.1) is 0 Å². The Morgan fingerprint density at radius 2 is 2.10 bits per heavy atom. The topological polar surface area (TPSA) is 79.2 Å². The van der Waals surface area contributed by atoms with Crippen LogP contribution in [0.3, 0.4) is 0 Å². The lowest BCUT2D eigenvalue weighted by atomic mass is 10.1. The van der Waals surface area contributed by atoms with Crippen LogP contribution in [0.4, 0.5) is 10.6 Å². The fourth-order valence-corrected chi connectivity index (χ4v) is 1.81. The third kappa shape index (κ3) is 4.10. The van der Waals surface area contributed by atoms with E-state index in [0.717, 1.165) is 5.56 Å². The van der Waals surface area contributed by atoms with Crippen LogP contribution in [0.1, 0.15) is 18.1 Å². The third-order valence-corrected chi connectivity index (χ3v) is 2.84. The predicted octanol–water partition coefficient (Wildman–Crippen LogP) is 1.67. The average Bonchev–Trinajstić information content (AvgIpc) is 2.85. The molecule has 1 aromatic carbocycles. The number of aromatic nitrogens is 2. The van der Waals surface area contributed by atoms with Crippen LogP contribution in [0.2, 0.25) is 0 Å². The Morgan fingerprint density at radius 1 is 1.35 bits per heavy atom. The highest BCUT2D eigenvalue weighted by Crippen LogP contribution is 2.14. The molecular weight excluding hydrogens is 256 g/mol. The Hall–Kier alpha value is -2.34. The van der Waals surface area contributed by atoms with Gasteiger partial charge < -0.3 is 10.4 Å². The maximum absolute atomic E-state index is 11.6. The maximum Gasteiger partial charge on any atom is 0.320 e. The van der Waals surface area contributed by atoms with Crippen molar-refractivity contribution in [3.8, 4) is 0 Å². The number of amides is 2. The summed E-state index contributed by atoms with van der Waals surface area (Å²) < 4.78 is 1.61. The summed E-state index contributed by atoms with van der Waals surface area (Å²) in [4.78, 5) is 11.6. The molecule has 1 aromatic heterocycles. The Bertz CT molecular complexity index is 553. The van der Waals surface area contributed by atoms with Gasteiger partial charge in [0.15, 0.2) is 5.82 Å². The number of benzene rings is 1. The molecule has 0 radical (unpaired) electrons. The lowest BCUT2D eigenvalue weighted by molar-refractivity contribution is 0.167. The summed E-state index contributed by atoms with van der Waals surface area (Å²) in [6.45, 7) is 0.384. The van der Waals surface area contributed by atoms with Gasteiger partial charge in [0.25, 0.3) is 0 Å². The summed E-state index contributed by atoms with van der Waals surface area (Å²) in [6.07, 6.45) is 1.63. The van der Waals surface area contributed by atoms with Crippen LogP contribution in [-0.2, 0) is 7.05 Å². The molecule has 0 saturated heterocycles. The van der Waals surface area contributed by atoms with Crippen LogP contribution in [0.15, 0.2) is 42.6 Å². The first-order chi connectivity index (χ1) is 9.65. The van der Waals surface area contributed by atoms with Crippen molar-refractivity contribution in [1.29, 1.82) is 0 Å². The number of aliphatic hydroxyl groups is 1. The molecule has 1 heterocycles. The van der Waals surface area contributed by atoms with E-state index in [1.165, 1.54) is 0 Å². The monoisotopic (exact) mass is 274 g/mol. The molecule has 3 N–H and O–H groups in total. The van der Waals surface area contributed by atoms with Crippen molar-refractivity contribution >= 4 is 11.8 Å². The minimum atomic E-state index is -0.577. The second-order valence-corrected chi connectivity index (χ2v) is 4.47. The summed E-state index contributed by atoms with van der Waals surface area (Å²) in [5.41, 5.74) is 0.847. The first-order valence-electron chi connectivity index (χ1n) is 6.42. The number of aliphatic hydroxyl groups excluding tert-OH is 1. The SMILES string of the molecule is Cn1ccc(NC(=O)NCCC(O)c2ccccc2)n1. The number of urea groups is 1. The van der Waals surface area contributed by atoms with Crippen molar-refractivity contribution in [1.82, 2.24) is 15.1 Å². The highest BCUT2D eigenvalue weighted by molar-refractivity contribution is 5.88. The fraction of sp³-hybridized carbons (Fsp3) is 0.286. The van der Waals surface area contributed by atoms with Gasteiger partial charge in [-0.2, -0.15) is 5.10 Å². The van der Waals surface area contributed by atoms with Crippen LogP contribution in [-0.4, -0.2) is 27.5 Å². The molecule has 0 saturated carbocycles. The van der Waals surface area contributed by atoms with Crippen molar-refractivity contribution in [2.24, 2.45) is 7.05 Å². The van der Waals surface area contributed by atoms with Gasteiger partial charge in [0, 0.05) is 25.9 Å². The van der Waals surface area contributed by atoms with Gasteiger partial charge in [-0.3, -0.25) is 10.00 Å². The molecule has 0 spiro atoms. The first kappa shape index (κ1) is 14.1. The van der Waals surface area contributed by atoms with Gasteiger partial charge in [0.1, 0.15) is 0 Å². The second kappa shape index (κ2) is 6.72. The van der Waals surface area contributed by atoms with Crippen molar-refractivity contribution < 1.29 is 9.90 Å². The number of hydrogen-bond acceptors (Lipinski definition) is 3. The number of rotatable bonds is 5. The van der Waals surface area contributed by atoms with Gasteiger partial charge in [-0.25, -0.2) is 4.79 Å². The highest BCUT2D eigenvalue weighted by Gasteiger charge is 2.08. The number of nitrogens with one attached hydrogen (secondary N) is 2. The number of anilines is 1. The molecule has 6 heteroatoms. The van der Waals surface area contributed by atoms with Gasteiger partial charge in [0.2, 0.25) is 0 Å². The first-order valence-corrected chi connectivity index (χ1v) is 6.42. The zero-order valence-electron chi connectivity index (χ0n) is 11.3. The third-order valence-electron chi connectivity index (χ3n) is 2.84. The van der Waals surface area contributed by atoms with Crippen LogP contribution in [0.25, 0.3) is 0 Å². The summed E-state index contributed by atoms with van der Waals surface area (Å²) >= 11 is 0. The molecule has 20 heavy (non-hydrogen) atoms. The van der Waals surface area contributed by atoms with E-state index in [0.29, 0.717) is 18.8 Å². The molecule has 0 fully saturated rings. The van der Waals surface area contributed by atoms with E-state index in [2.05, 4.69) is 15.7 Å².